The summed E-state index contributed by atoms with van der Waals surface area (Å²) in [4.78, 5) is 16.5. The van der Waals surface area contributed by atoms with Gasteiger partial charge in [0, 0.05) is 23.2 Å². The lowest BCUT2D eigenvalue weighted by atomic mass is 10.1. The van der Waals surface area contributed by atoms with Crippen LogP contribution in [0.5, 0.6) is 0 Å². The second-order valence-electron chi connectivity index (χ2n) is 5.95. The second-order valence-corrected chi connectivity index (χ2v) is 6.81. The van der Waals surface area contributed by atoms with Gasteiger partial charge in [0.15, 0.2) is 16.8 Å². The van der Waals surface area contributed by atoms with Gasteiger partial charge in [0.05, 0.1) is 0 Å². The van der Waals surface area contributed by atoms with Gasteiger partial charge in [0.1, 0.15) is 5.69 Å². The van der Waals surface area contributed by atoms with Crippen LogP contribution in [0.1, 0.15) is 49.0 Å². The van der Waals surface area contributed by atoms with Crippen molar-refractivity contribution in [2.24, 2.45) is 0 Å². The summed E-state index contributed by atoms with van der Waals surface area (Å²) in [7, 11) is 0. The Labute approximate surface area is 143 Å². The molecule has 7 heteroatoms. The van der Waals surface area contributed by atoms with Crippen molar-refractivity contribution in [2.45, 2.75) is 44.6 Å². The number of aromatic nitrogens is 1. The number of carbonyl (C=O) groups excluding carboxylic acids is 1. The highest BCUT2D eigenvalue weighted by molar-refractivity contribution is 7.14. The average Bonchev–Trinajstić information content (AvgIpc) is 2.87. The standard InChI is InChI=1S/C17H19F2N3OS/c18-13-8-7-12(9-14(13)19)21-17-22-15(10-24-17)16(23)20-11-5-3-1-2-4-6-11/h7-11H,1-6H2,(H,20,23)(H,21,22). The third kappa shape index (κ3) is 4.29. The molecule has 4 nitrogen and oxygen atoms in total. The van der Waals surface area contributed by atoms with Crippen LogP contribution in [0.25, 0.3) is 0 Å². The molecule has 1 aromatic carbocycles. The first-order valence-corrected chi connectivity index (χ1v) is 8.98. The van der Waals surface area contributed by atoms with Crippen molar-refractivity contribution >= 4 is 28.1 Å². The maximum atomic E-state index is 13.2. The van der Waals surface area contributed by atoms with Crippen molar-refractivity contribution in [1.29, 1.82) is 0 Å². The fraction of sp³-hybridized carbons (Fsp3) is 0.412. The first-order chi connectivity index (χ1) is 11.6. The fourth-order valence-corrected chi connectivity index (χ4v) is 3.53. The Kier molecular flexibility index (Phi) is 5.40. The number of nitrogens with zero attached hydrogens (tertiary/aromatic N) is 1. The van der Waals surface area contributed by atoms with Crippen molar-refractivity contribution in [3.05, 3.63) is 40.9 Å². The van der Waals surface area contributed by atoms with E-state index in [1.165, 1.54) is 30.2 Å². The molecule has 0 spiro atoms. The zero-order valence-electron chi connectivity index (χ0n) is 13.1. The van der Waals surface area contributed by atoms with Crippen molar-refractivity contribution in [1.82, 2.24) is 10.3 Å². The van der Waals surface area contributed by atoms with Crippen LogP contribution in [-0.4, -0.2) is 16.9 Å². The van der Waals surface area contributed by atoms with Crippen LogP contribution in [0.4, 0.5) is 19.6 Å². The Morgan fingerprint density at radius 2 is 1.88 bits per heavy atom. The molecule has 1 aromatic heterocycles. The van der Waals surface area contributed by atoms with Crippen LogP contribution in [-0.2, 0) is 0 Å². The van der Waals surface area contributed by atoms with E-state index >= 15 is 0 Å². The Morgan fingerprint density at radius 1 is 1.12 bits per heavy atom. The molecule has 0 bridgehead atoms. The Morgan fingerprint density at radius 3 is 2.58 bits per heavy atom. The van der Waals surface area contributed by atoms with Gasteiger partial charge in [-0.15, -0.1) is 11.3 Å². The van der Waals surface area contributed by atoms with Crippen LogP contribution in [0, 0.1) is 11.6 Å². The number of halogens is 2. The zero-order valence-corrected chi connectivity index (χ0v) is 14.0. The van der Waals surface area contributed by atoms with Gasteiger partial charge < -0.3 is 10.6 Å². The maximum Gasteiger partial charge on any atom is 0.271 e. The molecule has 0 aliphatic heterocycles. The van der Waals surface area contributed by atoms with Crippen molar-refractivity contribution < 1.29 is 13.6 Å². The normalized spacial score (nSPS) is 15.8. The topological polar surface area (TPSA) is 54.0 Å². The Bertz CT molecular complexity index is 712. The van der Waals surface area contributed by atoms with Gasteiger partial charge in [-0.25, -0.2) is 13.8 Å². The highest BCUT2D eigenvalue weighted by Crippen LogP contribution is 2.23. The number of thiazole rings is 1. The minimum absolute atomic E-state index is 0.184. The first kappa shape index (κ1) is 16.8. The van der Waals surface area contributed by atoms with E-state index in [0.29, 0.717) is 16.5 Å². The minimum atomic E-state index is -0.928. The van der Waals surface area contributed by atoms with Crippen molar-refractivity contribution in [2.75, 3.05) is 5.32 Å². The van der Waals surface area contributed by atoms with E-state index in [2.05, 4.69) is 15.6 Å². The van der Waals surface area contributed by atoms with E-state index in [-0.39, 0.29) is 11.9 Å². The van der Waals surface area contributed by atoms with Crippen molar-refractivity contribution in [3.63, 3.8) is 0 Å². The van der Waals surface area contributed by atoms with Crippen LogP contribution >= 0.6 is 11.3 Å². The monoisotopic (exact) mass is 351 g/mol. The number of benzene rings is 1. The zero-order chi connectivity index (χ0) is 16.9. The van der Waals surface area contributed by atoms with E-state index in [1.54, 1.807) is 5.38 Å². The molecule has 3 rings (SSSR count). The lowest BCUT2D eigenvalue weighted by molar-refractivity contribution is 0.0929. The predicted octanol–water partition coefficient (Wildman–Crippen LogP) is 4.62. The molecule has 128 valence electrons. The van der Waals surface area contributed by atoms with Gasteiger partial charge in [0.2, 0.25) is 0 Å². The number of rotatable bonds is 4. The Balaban J connectivity index is 1.61. The molecule has 1 fully saturated rings. The smallest absolute Gasteiger partial charge is 0.271 e. The van der Waals surface area contributed by atoms with Crippen LogP contribution in [0.3, 0.4) is 0 Å². The van der Waals surface area contributed by atoms with Crippen LogP contribution in [0.15, 0.2) is 23.6 Å². The molecule has 0 atom stereocenters. The fourth-order valence-electron chi connectivity index (χ4n) is 2.82. The third-order valence-electron chi connectivity index (χ3n) is 4.10. The van der Waals surface area contributed by atoms with Gasteiger partial charge in [-0.3, -0.25) is 4.79 Å². The second kappa shape index (κ2) is 7.70. The van der Waals surface area contributed by atoms with Gasteiger partial charge in [-0.1, -0.05) is 25.7 Å². The summed E-state index contributed by atoms with van der Waals surface area (Å²) in [6, 6.07) is 3.74. The molecule has 24 heavy (non-hydrogen) atoms. The van der Waals surface area contributed by atoms with E-state index in [4.69, 9.17) is 0 Å². The molecular formula is C17H19F2N3OS. The largest absolute Gasteiger partial charge is 0.348 e. The summed E-state index contributed by atoms with van der Waals surface area (Å²) >= 11 is 1.25. The van der Waals surface area contributed by atoms with Gasteiger partial charge in [-0.05, 0) is 25.0 Å². The molecule has 1 aliphatic rings. The summed E-state index contributed by atoms with van der Waals surface area (Å²) in [5, 5.41) is 8.04. The number of hydrogen-bond acceptors (Lipinski definition) is 4. The average molecular weight is 351 g/mol. The lowest BCUT2D eigenvalue weighted by Gasteiger charge is -2.15. The van der Waals surface area contributed by atoms with Gasteiger partial charge in [-0.2, -0.15) is 0 Å². The Hall–Kier alpha value is -2.02. The summed E-state index contributed by atoms with van der Waals surface area (Å²) in [6.45, 7) is 0. The summed E-state index contributed by atoms with van der Waals surface area (Å²) in [5.74, 6) is -2.01. The van der Waals surface area contributed by atoms with E-state index in [0.717, 1.165) is 37.8 Å². The number of hydrogen-bond donors (Lipinski definition) is 2. The molecule has 0 radical (unpaired) electrons. The quantitative estimate of drug-likeness (QED) is 0.791. The molecule has 0 saturated heterocycles. The number of amides is 1. The van der Waals surface area contributed by atoms with Gasteiger partial charge >= 0.3 is 0 Å². The maximum absolute atomic E-state index is 13.2. The third-order valence-corrected chi connectivity index (χ3v) is 4.86. The van der Waals surface area contributed by atoms with E-state index < -0.39 is 11.6 Å². The van der Waals surface area contributed by atoms with E-state index in [9.17, 15) is 13.6 Å². The minimum Gasteiger partial charge on any atom is -0.348 e. The number of nitrogens with one attached hydrogen (secondary N) is 2. The van der Waals surface area contributed by atoms with Crippen LogP contribution in [0.2, 0.25) is 0 Å². The molecule has 1 aliphatic carbocycles. The SMILES string of the molecule is O=C(NC1CCCCCC1)c1csc(Nc2ccc(F)c(F)c2)n1. The molecule has 2 aromatic rings. The van der Waals surface area contributed by atoms with Crippen LogP contribution < -0.4 is 10.6 Å². The molecule has 0 unspecified atom stereocenters. The summed E-state index contributed by atoms with van der Waals surface area (Å²) in [6.07, 6.45) is 6.76. The van der Waals surface area contributed by atoms with Crippen molar-refractivity contribution in [3.8, 4) is 0 Å². The highest BCUT2D eigenvalue weighted by Gasteiger charge is 2.17. The first-order valence-electron chi connectivity index (χ1n) is 8.10. The number of anilines is 2. The summed E-state index contributed by atoms with van der Waals surface area (Å²) < 4.78 is 26.1. The predicted molar refractivity (Wildman–Crippen MR) is 90.7 cm³/mol. The molecule has 1 saturated carbocycles. The number of carbonyl (C=O) groups is 1. The molecule has 2 N–H and O–H groups in total. The highest BCUT2D eigenvalue weighted by atomic mass is 32.1. The summed E-state index contributed by atoms with van der Waals surface area (Å²) in [5.41, 5.74) is 0.730. The lowest BCUT2D eigenvalue weighted by Crippen LogP contribution is -2.34. The molecule has 1 heterocycles. The van der Waals surface area contributed by atoms with E-state index in [1.807, 2.05) is 0 Å². The molecular weight excluding hydrogens is 332 g/mol. The molecule has 1 amide bonds. The van der Waals surface area contributed by atoms with Gasteiger partial charge in [0.25, 0.3) is 5.91 Å².